The summed E-state index contributed by atoms with van der Waals surface area (Å²) in [4.78, 5) is 14.1. The number of hydrogen-bond acceptors (Lipinski definition) is 3. The van der Waals surface area contributed by atoms with Crippen LogP contribution in [0.5, 0.6) is 0 Å². The van der Waals surface area contributed by atoms with Gasteiger partial charge in [-0.05, 0) is 43.9 Å². The Kier molecular flexibility index (Phi) is 4.64. The molecule has 1 aliphatic rings. The Morgan fingerprint density at radius 3 is 2.85 bits per heavy atom. The molecule has 1 unspecified atom stereocenters. The number of rotatable bonds is 5. The zero-order valence-electron chi connectivity index (χ0n) is 11.6. The molecule has 0 radical (unpaired) electrons. The first-order chi connectivity index (χ1) is 9.56. The highest BCUT2D eigenvalue weighted by Crippen LogP contribution is 2.33. The molecular weight excluding hydrogens is 276 g/mol. The summed E-state index contributed by atoms with van der Waals surface area (Å²) in [7, 11) is 1.50. The first kappa shape index (κ1) is 14.8. The molecule has 1 aromatic carbocycles. The molecule has 1 atom stereocenters. The van der Waals surface area contributed by atoms with E-state index >= 15 is 0 Å². The summed E-state index contributed by atoms with van der Waals surface area (Å²) in [6, 6.07) is 7.08. The second-order valence-electron chi connectivity index (χ2n) is 5.04. The molecule has 1 aromatic rings. The van der Waals surface area contributed by atoms with Crippen LogP contribution in [-0.2, 0) is 9.53 Å². The predicted octanol–water partition coefficient (Wildman–Crippen LogP) is 2.99. The van der Waals surface area contributed by atoms with Gasteiger partial charge in [0.2, 0.25) is 0 Å². The van der Waals surface area contributed by atoms with Crippen LogP contribution in [0.25, 0.3) is 0 Å². The number of methoxy groups -OCH3 is 1. The molecule has 5 heteroatoms. The summed E-state index contributed by atoms with van der Waals surface area (Å²) >= 11 is 6.01. The zero-order chi connectivity index (χ0) is 14.7. The SMILES string of the molecule is COC(C)C(=O)N(CC1CC1)c1cc(Cl)ccc1C#N. The highest BCUT2D eigenvalue weighted by Gasteiger charge is 2.31. The molecule has 0 aromatic heterocycles. The van der Waals surface area contributed by atoms with Crippen LogP contribution < -0.4 is 4.90 Å². The topological polar surface area (TPSA) is 53.3 Å². The molecule has 0 N–H and O–H groups in total. The van der Waals surface area contributed by atoms with Crippen LogP contribution >= 0.6 is 11.6 Å². The van der Waals surface area contributed by atoms with Crippen molar-refractivity contribution in [1.29, 1.82) is 5.26 Å². The van der Waals surface area contributed by atoms with Crippen molar-refractivity contribution in [3.63, 3.8) is 0 Å². The van der Waals surface area contributed by atoms with E-state index in [0.717, 1.165) is 12.8 Å². The van der Waals surface area contributed by atoms with Gasteiger partial charge in [0.05, 0.1) is 11.3 Å². The van der Waals surface area contributed by atoms with Gasteiger partial charge in [0, 0.05) is 18.7 Å². The third-order valence-electron chi connectivity index (χ3n) is 3.48. The van der Waals surface area contributed by atoms with Crippen LogP contribution in [-0.4, -0.2) is 25.7 Å². The largest absolute Gasteiger partial charge is 0.372 e. The normalized spacial score (nSPS) is 15.5. The smallest absolute Gasteiger partial charge is 0.255 e. The second kappa shape index (κ2) is 6.25. The van der Waals surface area contributed by atoms with Crippen LogP contribution in [0.2, 0.25) is 5.02 Å². The van der Waals surface area contributed by atoms with E-state index in [1.807, 2.05) is 0 Å². The Bertz CT molecular complexity index is 549. The molecule has 2 rings (SSSR count). The third kappa shape index (κ3) is 3.30. The fourth-order valence-electron chi connectivity index (χ4n) is 2.01. The van der Waals surface area contributed by atoms with Crippen molar-refractivity contribution in [3.05, 3.63) is 28.8 Å². The number of hydrogen-bond donors (Lipinski definition) is 0. The van der Waals surface area contributed by atoms with E-state index in [1.54, 1.807) is 30.0 Å². The van der Waals surface area contributed by atoms with Crippen molar-refractivity contribution in [3.8, 4) is 6.07 Å². The number of benzene rings is 1. The second-order valence-corrected chi connectivity index (χ2v) is 5.48. The molecule has 0 heterocycles. The molecule has 106 valence electrons. The van der Waals surface area contributed by atoms with E-state index in [2.05, 4.69) is 6.07 Å². The molecule has 1 amide bonds. The maximum absolute atomic E-state index is 12.5. The first-order valence-electron chi connectivity index (χ1n) is 6.60. The van der Waals surface area contributed by atoms with E-state index in [0.29, 0.717) is 28.7 Å². The number of ether oxygens (including phenoxy) is 1. The minimum absolute atomic E-state index is 0.141. The number of carbonyl (C=O) groups excluding carboxylic acids is 1. The lowest BCUT2D eigenvalue weighted by atomic mass is 10.1. The van der Waals surface area contributed by atoms with Gasteiger partial charge < -0.3 is 9.64 Å². The predicted molar refractivity (Wildman–Crippen MR) is 77.7 cm³/mol. The Balaban J connectivity index is 2.37. The van der Waals surface area contributed by atoms with E-state index in [4.69, 9.17) is 16.3 Å². The molecular formula is C15H17ClN2O2. The highest BCUT2D eigenvalue weighted by molar-refractivity contribution is 6.31. The average molecular weight is 293 g/mol. The molecule has 1 aliphatic carbocycles. The Morgan fingerprint density at radius 1 is 1.60 bits per heavy atom. The molecule has 1 fully saturated rings. The lowest BCUT2D eigenvalue weighted by molar-refractivity contribution is -0.127. The minimum atomic E-state index is -0.542. The van der Waals surface area contributed by atoms with Gasteiger partial charge in [-0.2, -0.15) is 5.26 Å². The molecule has 0 spiro atoms. The van der Waals surface area contributed by atoms with Gasteiger partial charge in [-0.3, -0.25) is 4.79 Å². The quantitative estimate of drug-likeness (QED) is 0.838. The Hall–Kier alpha value is -1.57. The number of halogens is 1. The number of anilines is 1. The van der Waals surface area contributed by atoms with E-state index in [9.17, 15) is 10.1 Å². The number of nitrogens with zero attached hydrogens (tertiary/aromatic N) is 2. The molecule has 0 saturated heterocycles. The van der Waals surface area contributed by atoms with Crippen LogP contribution in [0, 0.1) is 17.2 Å². The summed E-state index contributed by atoms with van der Waals surface area (Å²) < 4.78 is 5.11. The summed E-state index contributed by atoms with van der Waals surface area (Å²) in [6.45, 7) is 2.32. The Morgan fingerprint density at radius 2 is 2.30 bits per heavy atom. The molecule has 0 aliphatic heterocycles. The van der Waals surface area contributed by atoms with Crippen molar-refractivity contribution in [2.45, 2.75) is 25.9 Å². The number of amides is 1. The van der Waals surface area contributed by atoms with Crippen LogP contribution in [0.15, 0.2) is 18.2 Å². The summed E-state index contributed by atoms with van der Waals surface area (Å²) in [5.41, 5.74) is 1.02. The average Bonchev–Trinajstić information content (AvgIpc) is 3.27. The minimum Gasteiger partial charge on any atom is -0.372 e. The summed E-state index contributed by atoms with van der Waals surface area (Å²) in [5.74, 6) is 0.367. The van der Waals surface area contributed by atoms with Crippen LogP contribution in [0.3, 0.4) is 0 Å². The Labute approximate surface area is 123 Å². The molecule has 4 nitrogen and oxygen atoms in total. The maximum atomic E-state index is 12.5. The lowest BCUT2D eigenvalue weighted by Gasteiger charge is -2.26. The van der Waals surface area contributed by atoms with Crippen molar-refractivity contribution in [1.82, 2.24) is 0 Å². The van der Waals surface area contributed by atoms with Crippen LogP contribution in [0.1, 0.15) is 25.3 Å². The van der Waals surface area contributed by atoms with Crippen LogP contribution in [0.4, 0.5) is 5.69 Å². The number of nitriles is 1. The van der Waals surface area contributed by atoms with Gasteiger partial charge in [0.1, 0.15) is 12.2 Å². The summed E-state index contributed by atoms with van der Waals surface area (Å²) in [6.07, 6.45) is 1.69. The molecule has 0 bridgehead atoms. The van der Waals surface area contributed by atoms with Gasteiger partial charge in [0.15, 0.2) is 0 Å². The van der Waals surface area contributed by atoms with Crippen molar-refractivity contribution >= 4 is 23.2 Å². The molecule has 1 saturated carbocycles. The lowest BCUT2D eigenvalue weighted by Crippen LogP contribution is -2.40. The highest BCUT2D eigenvalue weighted by atomic mass is 35.5. The van der Waals surface area contributed by atoms with Gasteiger partial charge in [-0.1, -0.05) is 11.6 Å². The van der Waals surface area contributed by atoms with E-state index in [-0.39, 0.29) is 5.91 Å². The zero-order valence-corrected chi connectivity index (χ0v) is 12.4. The van der Waals surface area contributed by atoms with Gasteiger partial charge in [0.25, 0.3) is 5.91 Å². The van der Waals surface area contributed by atoms with Gasteiger partial charge in [-0.25, -0.2) is 0 Å². The maximum Gasteiger partial charge on any atom is 0.255 e. The number of carbonyl (C=O) groups is 1. The van der Waals surface area contributed by atoms with Crippen molar-refractivity contribution < 1.29 is 9.53 Å². The summed E-state index contributed by atoms with van der Waals surface area (Å²) in [5, 5.41) is 9.73. The first-order valence-corrected chi connectivity index (χ1v) is 6.98. The fourth-order valence-corrected chi connectivity index (χ4v) is 2.17. The van der Waals surface area contributed by atoms with E-state index < -0.39 is 6.10 Å². The fraction of sp³-hybridized carbons (Fsp3) is 0.467. The standard InChI is InChI=1S/C15H17ClN2O2/c1-10(20-2)15(19)18(9-11-3-4-11)14-7-13(16)6-5-12(14)8-17/h5-7,10-11H,3-4,9H2,1-2H3. The molecule has 20 heavy (non-hydrogen) atoms. The van der Waals surface area contributed by atoms with Crippen molar-refractivity contribution in [2.24, 2.45) is 5.92 Å². The van der Waals surface area contributed by atoms with Crippen molar-refractivity contribution in [2.75, 3.05) is 18.6 Å². The monoisotopic (exact) mass is 292 g/mol. The van der Waals surface area contributed by atoms with Gasteiger partial charge >= 0.3 is 0 Å². The van der Waals surface area contributed by atoms with E-state index in [1.165, 1.54) is 7.11 Å². The van der Waals surface area contributed by atoms with Gasteiger partial charge in [-0.15, -0.1) is 0 Å². The third-order valence-corrected chi connectivity index (χ3v) is 3.71.